The predicted molar refractivity (Wildman–Crippen MR) is 93.8 cm³/mol. The van der Waals surface area contributed by atoms with Gasteiger partial charge in [-0.05, 0) is 36.0 Å². The highest BCUT2D eigenvalue weighted by Crippen LogP contribution is 2.23. The smallest absolute Gasteiger partial charge is 0.276 e. The maximum absolute atomic E-state index is 12.5. The Balaban J connectivity index is 1.86. The fraction of sp³-hybridized carbons (Fsp3) is 0.0588. The first-order valence-corrected chi connectivity index (χ1v) is 7.71. The van der Waals surface area contributed by atoms with Crippen molar-refractivity contribution in [2.24, 2.45) is 0 Å². The number of rotatable bonds is 3. The zero-order chi connectivity index (χ0) is 16.4. The number of amides is 1. The molecule has 1 fully saturated rings. The molecule has 116 valence electrons. The number of para-hydroxylation sites is 1. The van der Waals surface area contributed by atoms with Gasteiger partial charge in [-0.25, -0.2) is 0 Å². The van der Waals surface area contributed by atoms with Crippen LogP contribution < -0.4 is 5.32 Å². The normalized spacial score (nSPS) is 16.0. The first-order valence-electron chi connectivity index (χ1n) is 6.92. The molecule has 4 nitrogen and oxygen atoms in total. The molecule has 0 spiro atoms. The van der Waals surface area contributed by atoms with Gasteiger partial charge in [0.05, 0.1) is 6.54 Å². The summed E-state index contributed by atoms with van der Waals surface area (Å²) in [4.78, 5) is 14.0. The van der Waals surface area contributed by atoms with Crippen molar-refractivity contribution in [3.63, 3.8) is 0 Å². The standard InChI is InChI=1S/C17H13ClN2O2S/c18-13-7-3-1-6-12(13)10-20-16(22)14(19-17(20)23)9-11-5-2-4-8-15(11)21/h1-9,21H,10H2,(H,19,23)/b14-9-. The van der Waals surface area contributed by atoms with E-state index in [1.165, 1.54) is 4.90 Å². The van der Waals surface area contributed by atoms with E-state index in [0.717, 1.165) is 5.56 Å². The van der Waals surface area contributed by atoms with Crippen LogP contribution in [0.15, 0.2) is 54.2 Å². The highest BCUT2D eigenvalue weighted by atomic mass is 35.5. The molecule has 0 aliphatic carbocycles. The highest BCUT2D eigenvalue weighted by molar-refractivity contribution is 7.80. The van der Waals surface area contributed by atoms with E-state index in [4.69, 9.17) is 23.8 Å². The SMILES string of the molecule is O=C1/C(=C/c2ccccc2O)NC(=S)N1Cc1ccccc1Cl. The lowest BCUT2D eigenvalue weighted by Crippen LogP contribution is -2.30. The number of phenolic OH excluding ortho intramolecular Hbond substituents is 1. The number of halogens is 1. The zero-order valence-corrected chi connectivity index (χ0v) is 13.6. The average Bonchev–Trinajstić information content (AvgIpc) is 2.79. The van der Waals surface area contributed by atoms with E-state index in [1.807, 2.05) is 18.2 Å². The van der Waals surface area contributed by atoms with Crippen LogP contribution in [-0.2, 0) is 11.3 Å². The van der Waals surface area contributed by atoms with Gasteiger partial charge in [-0.1, -0.05) is 48.0 Å². The third kappa shape index (κ3) is 3.21. The van der Waals surface area contributed by atoms with Crippen molar-refractivity contribution in [3.8, 4) is 5.75 Å². The summed E-state index contributed by atoms with van der Waals surface area (Å²) in [6.07, 6.45) is 1.58. The Morgan fingerprint density at radius 1 is 1.17 bits per heavy atom. The van der Waals surface area contributed by atoms with Crippen LogP contribution in [0.3, 0.4) is 0 Å². The monoisotopic (exact) mass is 344 g/mol. The molecule has 3 rings (SSSR count). The minimum atomic E-state index is -0.252. The molecule has 0 saturated carbocycles. The fourth-order valence-corrected chi connectivity index (χ4v) is 2.73. The van der Waals surface area contributed by atoms with Crippen LogP contribution >= 0.6 is 23.8 Å². The maximum atomic E-state index is 12.5. The summed E-state index contributed by atoms with van der Waals surface area (Å²) in [6.45, 7) is 0.294. The Morgan fingerprint density at radius 2 is 1.87 bits per heavy atom. The molecule has 1 saturated heterocycles. The summed E-state index contributed by atoms with van der Waals surface area (Å²) in [5.41, 5.74) is 1.68. The first-order chi connectivity index (χ1) is 11.1. The van der Waals surface area contributed by atoms with Crippen molar-refractivity contribution in [1.82, 2.24) is 10.2 Å². The van der Waals surface area contributed by atoms with Crippen molar-refractivity contribution in [1.29, 1.82) is 0 Å². The summed E-state index contributed by atoms with van der Waals surface area (Å²) in [5, 5.41) is 13.6. The van der Waals surface area contributed by atoms with Gasteiger partial charge in [-0.15, -0.1) is 0 Å². The van der Waals surface area contributed by atoms with Crippen molar-refractivity contribution in [2.75, 3.05) is 0 Å². The van der Waals surface area contributed by atoms with Crippen molar-refractivity contribution in [3.05, 3.63) is 70.4 Å². The topological polar surface area (TPSA) is 52.6 Å². The molecule has 0 aromatic heterocycles. The molecule has 2 N–H and O–H groups in total. The lowest BCUT2D eigenvalue weighted by molar-refractivity contribution is -0.122. The van der Waals surface area contributed by atoms with Crippen LogP contribution in [0.5, 0.6) is 5.75 Å². The largest absolute Gasteiger partial charge is 0.507 e. The van der Waals surface area contributed by atoms with E-state index in [1.54, 1.807) is 36.4 Å². The minimum absolute atomic E-state index is 0.102. The number of hydrogen-bond acceptors (Lipinski definition) is 3. The van der Waals surface area contributed by atoms with Gasteiger partial charge in [0.1, 0.15) is 11.4 Å². The third-order valence-electron chi connectivity index (χ3n) is 3.49. The van der Waals surface area contributed by atoms with Crippen LogP contribution in [0.25, 0.3) is 6.08 Å². The van der Waals surface area contributed by atoms with Gasteiger partial charge < -0.3 is 10.4 Å². The Hall–Kier alpha value is -2.37. The molecule has 2 aromatic carbocycles. The summed E-state index contributed by atoms with van der Waals surface area (Å²) in [6, 6.07) is 14.1. The Bertz CT molecular complexity index is 820. The third-order valence-corrected chi connectivity index (χ3v) is 4.18. The van der Waals surface area contributed by atoms with Gasteiger partial charge in [-0.3, -0.25) is 9.69 Å². The van der Waals surface area contributed by atoms with E-state index in [-0.39, 0.29) is 11.7 Å². The van der Waals surface area contributed by atoms with E-state index in [0.29, 0.717) is 27.9 Å². The Kier molecular flexibility index (Phi) is 4.32. The van der Waals surface area contributed by atoms with E-state index in [9.17, 15) is 9.90 Å². The molecule has 6 heteroatoms. The zero-order valence-electron chi connectivity index (χ0n) is 12.0. The number of phenols is 1. The number of carbonyl (C=O) groups excluding carboxylic acids is 1. The summed E-state index contributed by atoms with van der Waals surface area (Å²) in [5.74, 6) is -0.150. The number of carbonyl (C=O) groups is 1. The molecular formula is C17H13ClN2O2S. The van der Waals surface area contributed by atoms with Crippen LogP contribution in [0.1, 0.15) is 11.1 Å². The van der Waals surface area contributed by atoms with Gasteiger partial charge in [0, 0.05) is 10.6 Å². The van der Waals surface area contributed by atoms with Gasteiger partial charge in [0.15, 0.2) is 5.11 Å². The van der Waals surface area contributed by atoms with E-state index in [2.05, 4.69) is 5.32 Å². The van der Waals surface area contributed by atoms with Gasteiger partial charge in [0.2, 0.25) is 0 Å². The highest BCUT2D eigenvalue weighted by Gasteiger charge is 2.31. The van der Waals surface area contributed by atoms with E-state index >= 15 is 0 Å². The van der Waals surface area contributed by atoms with Crippen LogP contribution in [-0.4, -0.2) is 21.0 Å². The number of nitrogens with one attached hydrogen (secondary N) is 1. The molecule has 1 heterocycles. The Labute approximate surface area is 144 Å². The maximum Gasteiger partial charge on any atom is 0.276 e. The first kappa shape index (κ1) is 15.5. The van der Waals surface area contributed by atoms with Gasteiger partial charge in [-0.2, -0.15) is 0 Å². The summed E-state index contributed by atoms with van der Waals surface area (Å²) < 4.78 is 0. The molecule has 1 amide bonds. The second-order valence-electron chi connectivity index (χ2n) is 5.03. The minimum Gasteiger partial charge on any atom is -0.507 e. The van der Waals surface area contributed by atoms with E-state index < -0.39 is 0 Å². The number of nitrogens with zero attached hydrogens (tertiary/aromatic N) is 1. The summed E-state index contributed by atoms with van der Waals surface area (Å²) >= 11 is 11.4. The van der Waals surface area contributed by atoms with Crippen molar-refractivity contribution < 1.29 is 9.90 Å². The predicted octanol–water partition coefficient (Wildman–Crippen LogP) is 3.30. The van der Waals surface area contributed by atoms with Gasteiger partial charge in [0.25, 0.3) is 5.91 Å². The molecule has 0 radical (unpaired) electrons. The quantitative estimate of drug-likeness (QED) is 0.662. The van der Waals surface area contributed by atoms with Crippen LogP contribution in [0, 0.1) is 0 Å². The molecular weight excluding hydrogens is 332 g/mol. The second kappa shape index (κ2) is 6.40. The Morgan fingerprint density at radius 3 is 2.61 bits per heavy atom. The molecule has 0 bridgehead atoms. The lowest BCUT2D eigenvalue weighted by atomic mass is 10.1. The average molecular weight is 345 g/mol. The lowest BCUT2D eigenvalue weighted by Gasteiger charge is -2.14. The molecule has 1 aliphatic rings. The molecule has 23 heavy (non-hydrogen) atoms. The van der Waals surface area contributed by atoms with Gasteiger partial charge >= 0.3 is 0 Å². The van der Waals surface area contributed by atoms with Crippen molar-refractivity contribution in [2.45, 2.75) is 6.54 Å². The fourth-order valence-electron chi connectivity index (χ4n) is 2.28. The number of benzene rings is 2. The number of aromatic hydroxyl groups is 1. The molecule has 2 aromatic rings. The second-order valence-corrected chi connectivity index (χ2v) is 5.82. The number of thiocarbonyl (C=S) groups is 1. The molecule has 0 atom stereocenters. The number of hydrogen-bond donors (Lipinski definition) is 2. The summed E-state index contributed by atoms with van der Waals surface area (Å²) in [7, 11) is 0. The van der Waals surface area contributed by atoms with Crippen molar-refractivity contribution >= 4 is 40.9 Å². The van der Waals surface area contributed by atoms with Crippen LogP contribution in [0.2, 0.25) is 5.02 Å². The van der Waals surface area contributed by atoms with Crippen LogP contribution in [0.4, 0.5) is 0 Å². The molecule has 0 unspecified atom stereocenters. The molecule has 1 aliphatic heterocycles.